The van der Waals surface area contributed by atoms with Crippen molar-refractivity contribution >= 4 is 23.0 Å². The van der Waals surface area contributed by atoms with Crippen LogP contribution in [0.3, 0.4) is 0 Å². The van der Waals surface area contributed by atoms with Crippen molar-refractivity contribution in [2.24, 2.45) is 0 Å². The number of hydrogen-bond acceptors (Lipinski definition) is 4. The summed E-state index contributed by atoms with van der Waals surface area (Å²) in [6, 6.07) is 23.0. The number of fused-ring (bicyclic) bond motifs is 1. The van der Waals surface area contributed by atoms with E-state index in [0.29, 0.717) is 23.5 Å². The van der Waals surface area contributed by atoms with Gasteiger partial charge in [0, 0.05) is 12.1 Å². The third kappa shape index (κ3) is 3.98. The Kier molecular flexibility index (Phi) is 5.66. The molecule has 4 rings (SSSR count). The third-order valence-electron chi connectivity index (χ3n) is 4.92. The highest BCUT2D eigenvalue weighted by molar-refractivity contribution is 5.92. The Balaban J connectivity index is 1.77. The maximum atomic E-state index is 12.9. The zero-order valence-electron chi connectivity index (χ0n) is 17.0. The number of carbonyl (C=O) groups is 1. The molecule has 4 aromatic rings. The van der Waals surface area contributed by atoms with E-state index in [9.17, 15) is 4.79 Å². The normalized spacial score (nSPS) is 11.8. The van der Waals surface area contributed by atoms with Gasteiger partial charge in [-0.25, -0.2) is 14.8 Å². The number of pyridine rings is 1. The van der Waals surface area contributed by atoms with Crippen LogP contribution in [0.25, 0.3) is 22.4 Å². The molecule has 30 heavy (non-hydrogen) atoms. The standard InChI is InChI=1S/C24H23N5O/c1-3-25-24(30)29(17(2)18-10-6-4-7-11-18)22-15-14-20-23(28-22)27-21(16-26-20)19-12-8-5-9-13-19/h4-17H,3H2,1-2H3,(H,25,30). The Hall–Kier alpha value is -3.80. The lowest BCUT2D eigenvalue weighted by Gasteiger charge is -2.28. The fraction of sp³-hybridized carbons (Fsp3) is 0.167. The van der Waals surface area contributed by atoms with Crippen LogP contribution in [0, 0.1) is 0 Å². The molecule has 0 aliphatic rings. The highest BCUT2D eigenvalue weighted by Gasteiger charge is 2.24. The van der Waals surface area contributed by atoms with Gasteiger partial charge in [0.15, 0.2) is 5.65 Å². The molecule has 2 amide bonds. The molecule has 0 radical (unpaired) electrons. The Bertz CT molecular complexity index is 1150. The lowest BCUT2D eigenvalue weighted by atomic mass is 10.1. The Morgan fingerprint density at radius 3 is 2.37 bits per heavy atom. The van der Waals surface area contributed by atoms with Crippen LogP contribution in [0.15, 0.2) is 79.0 Å². The van der Waals surface area contributed by atoms with Gasteiger partial charge in [-0.05, 0) is 31.5 Å². The molecule has 150 valence electrons. The van der Waals surface area contributed by atoms with Crippen LogP contribution >= 0.6 is 0 Å². The first kappa shape index (κ1) is 19.5. The number of aromatic nitrogens is 3. The van der Waals surface area contributed by atoms with Crippen molar-refractivity contribution in [2.45, 2.75) is 19.9 Å². The third-order valence-corrected chi connectivity index (χ3v) is 4.92. The molecule has 0 aliphatic heterocycles. The molecule has 2 aromatic heterocycles. The molecule has 2 heterocycles. The quantitative estimate of drug-likeness (QED) is 0.515. The van der Waals surface area contributed by atoms with Gasteiger partial charge in [0.25, 0.3) is 0 Å². The van der Waals surface area contributed by atoms with E-state index in [1.165, 1.54) is 0 Å². The van der Waals surface area contributed by atoms with Gasteiger partial charge in [0.1, 0.15) is 11.3 Å². The molecule has 0 saturated carbocycles. The molecule has 1 N–H and O–H groups in total. The predicted octanol–water partition coefficient (Wildman–Crippen LogP) is 4.99. The van der Waals surface area contributed by atoms with Crippen LogP contribution < -0.4 is 10.2 Å². The van der Waals surface area contributed by atoms with Crippen LogP contribution in [0.2, 0.25) is 0 Å². The summed E-state index contributed by atoms with van der Waals surface area (Å²) in [5, 5.41) is 2.89. The largest absolute Gasteiger partial charge is 0.338 e. The summed E-state index contributed by atoms with van der Waals surface area (Å²) >= 11 is 0. The van der Waals surface area contributed by atoms with E-state index in [4.69, 9.17) is 9.97 Å². The minimum absolute atomic E-state index is 0.201. The van der Waals surface area contributed by atoms with E-state index in [0.717, 1.165) is 16.8 Å². The number of amides is 2. The van der Waals surface area contributed by atoms with Crippen molar-refractivity contribution in [2.75, 3.05) is 11.4 Å². The lowest BCUT2D eigenvalue weighted by molar-refractivity contribution is 0.245. The van der Waals surface area contributed by atoms with Crippen molar-refractivity contribution in [3.05, 3.63) is 84.6 Å². The first-order valence-electron chi connectivity index (χ1n) is 9.98. The SMILES string of the molecule is CCNC(=O)N(c1ccc2ncc(-c3ccccc3)nc2n1)C(C)c1ccccc1. The minimum Gasteiger partial charge on any atom is -0.338 e. The average Bonchev–Trinajstić information content (AvgIpc) is 2.80. The first-order valence-corrected chi connectivity index (χ1v) is 9.98. The van der Waals surface area contributed by atoms with Crippen molar-refractivity contribution in [3.8, 4) is 11.3 Å². The minimum atomic E-state index is -0.201. The van der Waals surface area contributed by atoms with Crippen LogP contribution in [0.5, 0.6) is 0 Å². The molecule has 6 heteroatoms. The van der Waals surface area contributed by atoms with Crippen molar-refractivity contribution in [3.63, 3.8) is 0 Å². The second-order valence-corrected chi connectivity index (χ2v) is 6.93. The summed E-state index contributed by atoms with van der Waals surface area (Å²) in [6.45, 7) is 4.42. The molecule has 6 nitrogen and oxygen atoms in total. The zero-order chi connectivity index (χ0) is 20.9. The maximum absolute atomic E-state index is 12.9. The number of benzene rings is 2. The summed E-state index contributed by atoms with van der Waals surface area (Å²) in [7, 11) is 0. The van der Waals surface area contributed by atoms with Crippen molar-refractivity contribution in [1.29, 1.82) is 0 Å². The van der Waals surface area contributed by atoms with E-state index in [1.54, 1.807) is 11.1 Å². The molecule has 1 unspecified atom stereocenters. The molecule has 0 aliphatic carbocycles. The van der Waals surface area contributed by atoms with Gasteiger partial charge in [0.05, 0.1) is 17.9 Å². The summed E-state index contributed by atoms with van der Waals surface area (Å²) < 4.78 is 0. The number of rotatable bonds is 5. The monoisotopic (exact) mass is 397 g/mol. The van der Waals surface area contributed by atoms with Crippen LogP contribution in [-0.4, -0.2) is 27.5 Å². The number of urea groups is 1. The van der Waals surface area contributed by atoms with Gasteiger partial charge in [-0.1, -0.05) is 60.7 Å². The molecule has 1 atom stereocenters. The van der Waals surface area contributed by atoms with E-state index >= 15 is 0 Å². The van der Waals surface area contributed by atoms with Gasteiger partial charge in [-0.15, -0.1) is 0 Å². The van der Waals surface area contributed by atoms with Gasteiger partial charge in [-0.2, -0.15) is 0 Å². The lowest BCUT2D eigenvalue weighted by Crippen LogP contribution is -2.42. The molecule has 0 fully saturated rings. The molecule has 0 spiro atoms. The number of anilines is 1. The highest BCUT2D eigenvalue weighted by Crippen LogP contribution is 2.27. The van der Waals surface area contributed by atoms with Crippen LogP contribution in [0.4, 0.5) is 10.6 Å². The van der Waals surface area contributed by atoms with Crippen LogP contribution in [0.1, 0.15) is 25.5 Å². The number of carbonyl (C=O) groups excluding carboxylic acids is 1. The van der Waals surface area contributed by atoms with E-state index in [1.807, 2.05) is 86.6 Å². The molecule has 0 saturated heterocycles. The Morgan fingerprint density at radius 1 is 0.967 bits per heavy atom. The molecular weight excluding hydrogens is 374 g/mol. The number of nitrogens with zero attached hydrogens (tertiary/aromatic N) is 4. The molecule has 0 bridgehead atoms. The maximum Gasteiger partial charge on any atom is 0.323 e. The number of nitrogens with one attached hydrogen (secondary N) is 1. The van der Waals surface area contributed by atoms with E-state index < -0.39 is 0 Å². The second-order valence-electron chi connectivity index (χ2n) is 6.93. The summed E-state index contributed by atoms with van der Waals surface area (Å²) in [6.07, 6.45) is 1.74. The first-order chi connectivity index (χ1) is 14.7. The van der Waals surface area contributed by atoms with Crippen molar-refractivity contribution in [1.82, 2.24) is 20.3 Å². The van der Waals surface area contributed by atoms with Gasteiger partial charge in [-0.3, -0.25) is 9.88 Å². The average molecular weight is 397 g/mol. The van der Waals surface area contributed by atoms with E-state index in [2.05, 4.69) is 10.3 Å². The van der Waals surface area contributed by atoms with Gasteiger partial charge >= 0.3 is 6.03 Å². The van der Waals surface area contributed by atoms with Gasteiger partial charge < -0.3 is 5.32 Å². The second kappa shape index (κ2) is 8.69. The Morgan fingerprint density at radius 2 is 1.67 bits per heavy atom. The predicted molar refractivity (Wildman–Crippen MR) is 119 cm³/mol. The number of hydrogen-bond donors (Lipinski definition) is 1. The molecule has 2 aromatic carbocycles. The van der Waals surface area contributed by atoms with E-state index in [-0.39, 0.29) is 12.1 Å². The fourth-order valence-corrected chi connectivity index (χ4v) is 3.37. The summed E-state index contributed by atoms with van der Waals surface area (Å²) in [5.41, 5.74) is 3.92. The zero-order valence-corrected chi connectivity index (χ0v) is 17.0. The van der Waals surface area contributed by atoms with Crippen molar-refractivity contribution < 1.29 is 4.79 Å². The smallest absolute Gasteiger partial charge is 0.323 e. The fourth-order valence-electron chi connectivity index (χ4n) is 3.37. The van der Waals surface area contributed by atoms with Crippen LogP contribution in [-0.2, 0) is 0 Å². The summed E-state index contributed by atoms with van der Waals surface area (Å²) in [5.74, 6) is 0.532. The van der Waals surface area contributed by atoms with Gasteiger partial charge in [0.2, 0.25) is 0 Å². The highest BCUT2D eigenvalue weighted by atomic mass is 16.2. The topological polar surface area (TPSA) is 71.0 Å². The summed E-state index contributed by atoms with van der Waals surface area (Å²) in [4.78, 5) is 28.5. The Labute approximate surface area is 175 Å². The molecular formula is C24H23N5O.